The van der Waals surface area contributed by atoms with Crippen LogP contribution in [0.5, 0.6) is 11.5 Å². The van der Waals surface area contributed by atoms with Gasteiger partial charge in [0.05, 0.1) is 0 Å². The van der Waals surface area contributed by atoms with E-state index in [-0.39, 0.29) is 17.9 Å². The summed E-state index contributed by atoms with van der Waals surface area (Å²) in [4.78, 5) is 26.6. The zero-order valence-electron chi connectivity index (χ0n) is 16.2. The minimum Gasteiger partial charge on any atom is -0.486 e. The van der Waals surface area contributed by atoms with Crippen LogP contribution in [0, 0.1) is 5.92 Å². The second-order valence-corrected chi connectivity index (χ2v) is 7.72. The van der Waals surface area contributed by atoms with Crippen LogP contribution in [-0.2, 0) is 14.3 Å². The summed E-state index contributed by atoms with van der Waals surface area (Å²) in [6.07, 6.45) is 4.83. The van der Waals surface area contributed by atoms with E-state index in [9.17, 15) is 9.59 Å². The van der Waals surface area contributed by atoms with E-state index in [4.69, 9.17) is 14.2 Å². The number of carbonyl (C=O) groups is 2. The molecule has 1 N–H and O–H groups in total. The number of anilines is 1. The van der Waals surface area contributed by atoms with Crippen LogP contribution in [0.2, 0.25) is 0 Å². The smallest absolute Gasteiger partial charge is 0.251 e. The van der Waals surface area contributed by atoms with Gasteiger partial charge in [0.1, 0.15) is 19.3 Å². The van der Waals surface area contributed by atoms with Crippen LogP contribution in [0.25, 0.3) is 0 Å². The molecule has 0 saturated carbocycles. The van der Waals surface area contributed by atoms with Crippen molar-refractivity contribution in [2.45, 2.75) is 44.6 Å². The van der Waals surface area contributed by atoms with Gasteiger partial charge in [-0.25, -0.2) is 0 Å². The number of benzene rings is 1. The van der Waals surface area contributed by atoms with Crippen LogP contribution in [-0.4, -0.2) is 55.7 Å². The molecular formula is C21H28N2O5. The minimum absolute atomic E-state index is 0.00883. The van der Waals surface area contributed by atoms with Crippen LogP contribution in [0.1, 0.15) is 38.5 Å². The molecule has 0 bridgehead atoms. The maximum atomic E-state index is 12.4. The first kappa shape index (κ1) is 19.1. The normalized spacial score (nSPS) is 22.1. The van der Waals surface area contributed by atoms with Crippen LogP contribution in [0.3, 0.4) is 0 Å². The van der Waals surface area contributed by atoms with Crippen molar-refractivity contribution in [3.05, 3.63) is 18.2 Å². The van der Waals surface area contributed by atoms with E-state index in [0.717, 1.165) is 50.9 Å². The van der Waals surface area contributed by atoms with Gasteiger partial charge in [-0.1, -0.05) is 0 Å². The summed E-state index contributed by atoms with van der Waals surface area (Å²) < 4.78 is 16.5. The van der Waals surface area contributed by atoms with E-state index in [1.807, 2.05) is 23.1 Å². The summed E-state index contributed by atoms with van der Waals surface area (Å²) in [6.45, 7) is 3.32. The number of fused-ring (bicyclic) bond motifs is 1. The van der Waals surface area contributed by atoms with Crippen molar-refractivity contribution >= 4 is 17.5 Å². The van der Waals surface area contributed by atoms with E-state index in [2.05, 4.69) is 5.32 Å². The van der Waals surface area contributed by atoms with Crippen LogP contribution < -0.4 is 14.8 Å². The van der Waals surface area contributed by atoms with Crippen molar-refractivity contribution < 1.29 is 23.8 Å². The fourth-order valence-corrected chi connectivity index (χ4v) is 4.10. The molecule has 0 spiro atoms. The summed E-state index contributed by atoms with van der Waals surface area (Å²) in [5.41, 5.74) is 0.728. The molecule has 1 unspecified atom stereocenters. The van der Waals surface area contributed by atoms with Gasteiger partial charge in [-0.2, -0.15) is 0 Å². The number of carbonyl (C=O) groups excluding carboxylic acids is 2. The molecule has 0 aliphatic carbocycles. The van der Waals surface area contributed by atoms with Crippen LogP contribution in [0.15, 0.2) is 18.2 Å². The van der Waals surface area contributed by atoms with Crippen molar-refractivity contribution in [1.82, 2.24) is 4.90 Å². The van der Waals surface area contributed by atoms with E-state index in [1.54, 1.807) is 0 Å². The lowest BCUT2D eigenvalue weighted by molar-refractivity contribution is -0.142. The number of piperidine rings is 1. The molecule has 3 aliphatic rings. The molecule has 3 aliphatic heterocycles. The van der Waals surface area contributed by atoms with Gasteiger partial charge in [0.25, 0.3) is 5.91 Å². The Balaban J connectivity index is 1.19. The monoisotopic (exact) mass is 388 g/mol. The molecule has 7 heteroatoms. The number of hydrogen-bond acceptors (Lipinski definition) is 5. The standard InChI is InChI=1S/C21H28N2O5/c24-20(22-16-4-5-17-19(14-16)28-13-12-27-17)6-3-15-7-9-23(10-8-15)21(25)18-2-1-11-26-18/h4-5,14-15,18H,1-3,6-13H2,(H,22,24). The number of likely N-dealkylation sites (tertiary alicyclic amines) is 1. The maximum Gasteiger partial charge on any atom is 0.251 e. The average Bonchev–Trinajstić information content (AvgIpc) is 3.27. The Kier molecular flexibility index (Phi) is 6.00. The van der Waals surface area contributed by atoms with Gasteiger partial charge in [-0.15, -0.1) is 0 Å². The Labute approximate surface area is 165 Å². The third-order valence-electron chi connectivity index (χ3n) is 5.74. The van der Waals surface area contributed by atoms with E-state index in [1.165, 1.54) is 0 Å². The number of ether oxygens (including phenoxy) is 3. The first-order chi connectivity index (χ1) is 13.7. The Bertz CT molecular complexity index is 709. The molecule has 2 amide bonds. The first-order valence-corrected chi connectivity index (χ1v) is 10.3. The topological polar surface area (TPSA) is 77.1 Å². The predicted octanol–water partition coefficient (Wildman–Crippen LogP) is 2.59. The van der Waals surface area contributed by atoms with Crippen LogP contribution >= 0.6 is 0 Å². The number of hydrogen-bond donors (Lipinski definition) is 1. The first-order valence-electron chi connectivity index (χ1n) is 10.3. The molecule has 4 rings (SSSR count). The molecular weight excluding hydrogens is 360 g/mol. The molecule has 152 valence electrons. The highest BCUT2D eigenvalue weighted by Crippen LogP contribution is 2.32. The molecule has 1 atom stereocenters. The van der Waals surface area contributed by atoms with Crippen molar-refractivity contribution in [1.29, 1.82) is 0 Å². The largest absolute Gasteiger partial charge is 0.486 e. The van der Waals surface area contributed by atoms with Crippen molar-refractivity contribution in [3.63, 3.8) is 0 Å². The number of nitrogens with one attached hydrogen (secondary N) is 1. The quantitative estimate of drug-likeness (QED) is 0.839. The van der Waals surface area contributed by atoms with Gasteiger partial charge >= 0.3 is 0 Å². The lowest BCUT2D eigenvalue weighted by Gasteiger charge is -2.33. The highest BCUT2D eigenvalue weighted by Gasteiger charge is 2.30. The molecule has 1 aromatic carbocycles. The molecule has 3 heterocycles. The molecule has 2 fully saturated rings. The maximum absolute atomic E-state index is 12.4. The van der Waals surface area contributed by atoms with Gasteiger partial charge in [-0.3, -0.25) is 9.59 Å². The van der Waals surface area contributed by atoms with Gasteiger partial charge in [0.2, 0.25) is 5.91 Å². The zero-order chi connectivity index (χ0) is 19.3. The number of amides is 2. The molecule has 0 aromatic heterocycles. The second kappa shape index (κ2) is 8.82. The highest BCUT2D eigenvalue weighted by atomic mass is 16.6. The summed E-state index contributed by atoms with van der Waals surface area (Å²) in [6, 6.07) is 5.47. The SMILES string of the molecule is O=C(CCC1CCN(C(=O)C2CCCO2)CC1)Nc1ccc2c(c1)OCCO2. The molecule has 1 aromatic rings. The lowest BCUT2D eigenvalue weighted by Crippen LogP contribution is -2.43. The van der Waals surface area contributed by atoms with Gasteiger partial charge in [-0.05, 0) is 50.2 Å². The van der Waals surface area contributed by atoms with E-state index in [0.29, 0.717) is 43.7 Å². The van der Waals surface area contributed by atoms with Crippen molar-refractivity contribution in [2.75, 3.05) is 38.2 Å². The Morgan fingerprint density at radius 3 is 2.57 bits per heavy atom. The van der Waals surface area contributed by atoms with Gasteiger partial charge in [0.15, 0.2) is 11.5 Å². The third kappa shape index (κ3) is 4.58. The van der Waals surface area contributed by atoms with Gasteiger partial charge in [0, 0.05) is 37.9 Å². The highest BCUT2D eigenvalue weighted by molar-refractivity contribution is 5.91. The molecule has 0 radical (unpaired) electrons. The molecule has 2 saturated heterocycles. The fraction of sp³-hybridized carbons (Fsp3) is 0.619. The van der Waals surface area contributed by atoms with E-state index < -0.39 is 0 Å². The summed E-state index contributed by atoms with van der Waals surface area (Å²) >= 11 is 0. The predicted molar refractivity (Wildman–Crippen MR) is 104 cm³/mol. The Hall–Kier alpha value is -2.28. The second-order valence-electron chi connectivity index (χ2n) is 7.72. The van der Waals surface area contributed by atoms with Crippen molar-refractivity contribution in [2.24, 2.45) is 5.92 Å². The third-order valence-corrected chi connectivity index (χ3v) is 5.74. The Morgan fingerprint density at radius 1 is 1.04 bits per heavy atom. The average molecular weight is 388 g/mol. The van der Waals surface area contributed by atoms with E-state index >= 15 is 0 Å². The summed E-state index contributed by atoms with van der Waals surface area (Å²) in [5.74, 6) is 2.03. The minimum atomic E-state index is -0.228. The van der Waals surface area contributed by atoms with Crippen molar-refractivity contribution in [3.8, 4) is 11.5 Å². The number of nitrogens with zero attached hydrogens (tertiary/aromatic N) is 1. The molecule has 7 nitrogen and oxygen atoms in total. The fourth-order valence-electron chi connectivity index (χ4n) is 4.10. The summed E-state index contributed by atoms with van der Waals surface area (Å²) in [7, 11) is 0. The Morgan fingerprint density at radius 2 is 1.82 bits per heavy atom. The molecule has 28 heavy (non-hydrogen) atoms. The number of rotatable bonds is 5. The summed E-state index contributed by atoms with van der Waals surface area (Å²) in [5, 5.41) is 2.94. The van der Waals surface area contributed by atoms with Gasteiger partial charge < -0.3 is 24.4 Å². The lowest BCUT2D eigenvalue weighted by atomic mass is 9.91. The van der Waals surface area contributed by atoms with Crippen LogP contribution in [0.4, 0.5) is 5.69 Å². The zero-order valence-corrected chi connectivity index (χ0v) is 16.2.